The first-order valence-corrected chi connectivity index (χ1v) is 7.00. The molecule has 2 amide bonds. The van der Waals surface area contributed by atoms with Crippen molar-refractivity contribution in [3.8, 4) is 0 Å². The fourth-order valence-corrected chi connectivity index (χ4v) is 1.67. The van der Waals surface area contributed by atoms with Gasteiger partial charge in [0, 0.05) is 29.4 Å². The number of halogens is 1. The van der Waals surface area contributed by atoms with E-state index in [1.54, 1.807) is 0 Å². The van der Waals surface area contributed by atoms with Crippen LogP contribution in [0, 0.1) is 5.82 Å². The van der Waals surface area contributed by atoms with E-state index in [4.69, 9.17) is 5.11 Å². The smallest absolute Gasteiger partial charge is 0.337 e. The zero-order chi connectivity index (χ0) is 14.4. The zero-order valence-electron chi connectivity index (χ0n) is 10.1. The molecule has 0 bridgehead atoms. The molecule has 0 saturated heterocycles. The van der Waals surface area contributed by atoms with Crippen molar-refractivity contribution in [2.24, 2.45) is 0 Å². The van der Waals surface area contributed by atoms with Gasteiger partial charge in [0.1, 0.15) is 5.82 Å². The summed E-state index contributed by atoms with van der Waals surface area (Å²) in [4.78, 5) is 22.3. The summed E-state index contributed by atoms with van der Waals surface area (Å²) in [6.45, 7) is 0.193. The Labute approximate surface area is 111 Å². The average Bonchev–Trinajstić information content (AvgIpc) is 2.30. The molecule has 0 spiro atoms. The predicted octanol–water partition coefficient (Wildman–Crippen LogP) is 1.02. The highest BCUT2D eigenvalue weighted by atomic mass is 32.2. The van der Waals surface area contributed by atoms with Gasteiger partial charge in [-0.1, -0.05) is 0 Å². The van der Waals surface area contributed by atoms with E-state index in [1.807, 2.05) is 0 Å². The van der Waals surface area contributed by atoms with Crippen molar-refractivity contribution < 1.29 is 23.3 Å². The van der Waals surface area contributed by atoms with Gasteiger partial charge >= 0.3 is 12.0 Å². The maximum absolute atomic E-state index is 12.9. The third-order valence-corrected chi connectivity index (χ3v) is 2.91. The van der Waals surface area contributed by atoms with Crippen molar-refractivity contribution in [2.75, 3.05) is 23.9 Å². The van der Waals surface area contributed by atoms with Crippen LogP contribution in [-0.4, -0.2) is 39.9 Å². The number of carbonyl (C=O) groups is 2. The maximum atomic E-state index is 12.9. The molecule has 0 saturated carbocycles. The van der Waals surface area contributed by atoms with Crippen molar-refractivity contribution in [2.45, 2.75) is 0 Å². The molecule has 19 heavy (non-hydrogen) atoms. The second kappa shape index (κ2) is 6.83. The molecule has 0 heterocycles. The van der Waals surface area contributed by atoms with E-state index in [1.165, 1.54) is 6.26 Å². The number of hydrogen-bond acceptors (Lipinski definition) is 3. The molecule has 3 N–H and O–H groups in total. The summed E-state index contributed by atoms with van der Waals surface area (Å²) >= 11 is 0. The minimum atomic E-state index is -1.34. The number of benzene rings is 1. The molecule has 0 aliphatic heterocycles. The zero-order valence-corrected chi connectivity index (χ0v) is 10.9. The van der Waals surface area contributed by atoms with Gasteiger partial charge in [0.05, 0.1) is 11.3 Å². The number of amides is 2. The van der Waals surface area contributed by atoms with Crippen LogP contribution in [0.1, 0.15) is 10.4 Å². The Hall–Kier alpha value is -1.96. The lowest BCUT2D eigenvalue weighted by Crippen LogP contribution is -2.32. The first kappa shape index (κ1) is 15.1. The number of urea groups is 1. The molecule has 1 rings (SSSR count). The van der Waals surface area contributed by atoms with Crippen LogP contribution in [0.2, 0.25) is 0 Å². The van der Waals surface area contributed by atoms with Crippen LogP contribution in [0.5, 0.6) is 0 Å². The average molecular weight is 288 g/mol. The molecular formula is C11H13FN2O4S. The Kier molecular flexibility index (Phi) is 5.43. The molecule has 0 aliphatic rings. The lowest BCUT2D eigenvalue weighted by molar-refractivity contribution is 0.0697. The third kappa shape index (κ3) is 5.04. The monoisotopic (exact) mass is 288 g/mol. The van der Waals surface area contributed by atoms with E-state index in [-0.39, 0.29) is 17.8 Å². The lowest BCUT2D eigenvalue weighted by atomic mass is 10.2. The summed E-state index contributed by atoms with van der Waals surface area (Å²) in [5.41, 5.74) is -0.349. The Balaban J connectivity index is 2.68. The number of nitrogens with one attached hydrogen (secondary N) is 2. The molecule has 1 aromatic rings. The van der Waals surface area contributed by atoms with Gasteiger partial charge in [0.15, 0.2) is 0 Å². The first-order chi connectivity index (χ1) is 8.90. The Morgan fingerprint density at radius 1 is 1.42 bits per heavy atom. The van der Waals surface area contributed by atoms with Crippen molar-refractivity contribution in [3.05, 3.63) is 29.6 Å². The minimum absolute atomic E-state index is 0.0102. The first-order valence-electron chi connectivity index (χ1n) is 5.28. The largest absolute Gasteiger partial charge is 0.478 e. The van der Waals surface area contributed by atoms with Crippen molar-refractivity contribution in [3.63, 3.8) is 0 Å². The Morgan fingerprint density at radius 3 is 2.68 bits per heavy atom. The van der Waals surface area contributed by atoms with Crippen LogP contribution in [0.25, 0.3) is 0 Å². The number of anilines is 1. The molecule has 0 fully saturated rings. The fraction of sp³-hybridized carbons (Fsp3) is 0.273. The molecular weight excluding hydrogens is 275 g/mol. The van der Waals surface area contributed by atoms with E-state index in [9.17, 15) is 18.2 Å². The summed E-state index contributed by atoms with van der Waals surface area (Å²) in [7, 11) is -1.03. The van der Waals surface area contributed by atoms with Crippen LogP contribution < -0.4 is 10.6 Å². The third-order valence-electron chi connectivity index (χ3n) is 2.14. The van der Waals surface area contributed by atoms with Gasteiger partial charge in [-0.15, -0.1) is 0 Å². The van der Waals surface area contributed by atoms with Crippen molar-refractivity contribution >= 4 is 28.5 Å². The van der Waals surface area contributed by atoms with Crippen molar-refractivity contribution in [1.29, 1.82) is 0 Å². The highest BCUT2D eigenvalue weighted by Crippen LogP contribution is 2.16. The van der Waals surface area contributed by atoms with E-state index >= 15 is 0 Å². The molecule has 104 valence electrons. The molecule has 1 unspecified atom stereocenters. The summed E-state index contributed by atoms with van der Waals surface area (Å²) < 4.78 is 23.7. The summed E-state index contributed by atoms with van der Waals surface area (Å²) in [6.07, 6.45) is 1.50. The summed E-state index contributed by atoms with van der Waals surface area (Å²) in [5.74, 6) is -1.75. The standard InChI is InChI=1S/C11H13FN2O4S/c1-19(18)5-4-13-11(17)14-9-3-2-7(12)6-8(9)10(15)16/h2-3,6H,4-5H2,1H3,(H,15,16)(H2,13,14,17). The van der Waals surface area contributed by atoms with Gasteiger partial charge in [0.25, 0.3) is 0 Å². The van der Waals surface area contributed by atoms with Crippen LogP contribution in [0.3, 0.4) is 0 Å². The minimum Gasteiger partial charge on any atom is -0.478 e. The number of aromatic carboxylic acids is 1. The summed E-state index contributed by atoms with van der Waals surface area (Å²) in [6, 6.07) is 2.39. The Morgan fingerprint density at radius 2 is 2.11 bits per heavy atom. The number of carboxylic acids is 1. The van der Waals surface area contributed by atoms with Crippen molar-refractivity contribution in [1.82, 2.24) is 5.32 Å². The van der Waals surface area contributed by atoms with Crippen LogP contribution in [0.4, 0.5) is 14.9 Å². The van der Waals surface area contributed by atoms with Crippen LogP contribution in [0.15, 0.2) is 18.2 Å². The Bertz CT molecular complexity index is 521. The predicted molar refractivity (Wildman–Crippen MR) is 69.3 cm³/mol. The van der Waals surface area contributed by atoms with E-state index < -0.39 is 28.6 Å². The number of carboxylic acid groups (broad SMARTS) is 1. The topological polar surface area (TPSA) is 95.5 Å². The number of carbonyl (C=O) groups excluding carboxylic acids is 1. The van der Waals surface area contributed by atoms with Gasteiger partial charge < -0.3 is 15.7 Å². The van der Waals surface area contributed by atoms with Crippen LogP contribution in [-0.2, 0) is 10.8 Å². The molecule has 6 nitrogen and oxygen atoms in total. The fourth-order valence-electron chi connectivity index (χ4n) is 1.28. The highest BCUT2D eigenvalue weighted by molar-refractivity contribution is 7.84. The number of rotatable bonds is 5. The van der Waals surface area contributed by atoms with Gasteiger partial charge in [0.2, 0.25) is 0 Å². The van der Waals surface area contributed by atoms with E-state index in [0.29, 0.717) is 5.75 Å². The second-order valence-corrected chi connectivity index (χ2v) is 5.21. The normalized spacial score (nSPS) is 11.7. The molecule has 1 aromatic carbocycles. The molecule has 8 heteroatoms. The van der Waals surface area contributed by atoms with E-state index in [0.717, 1.165) is 18.2 Å². The number of hydrogen-bond donors (Lipinski definition) is 3. The molecule has 0 aliphatic carbocycles. The quantitative estimate of drug-likeness (QED) is 0.754. The van der Waals surface area contributed by atoms with Crippen LogP contribution >= 0.6 is 0 Å². The molecule has 1 atom stereocenters. The van der Waals surface area contributed by atoms with Gasteiger partial charge in [-0.3, -0.25) is 4.21 Å². The van der Waals surface area contributed by atoms with Gasteiger partial charge in [-0.2, -0.15) is 0 Å². The van der Waals surface area contributed by atoms with Gasteiger partial charge in [-0.05, 0) is 18.2 Å². The van der Waals surface area contributed by atoms with E-state index in [2.05, 4.69) is 10.6 Å². The van der Waals surface area contributed by atoms with Gasteiger partial charge in [-0.25, -0.2) is 14.0 Å². The highest BCUT2D eigenvalue weighted by Gasteiger charge is 2.13. The maximum Gasteiger partial charge on any atom is 0.337 e. The molecule has 0 aromatic heterocycles. The lowest BCUT2D eigenvalue weighted by Gasteiger charge is -2.09. The SMILES string of the molecule is CS(=O)CCNC(=O)Nc1ccc(F)cc1C(=O)O. The molecule has 0 radical (unpaired) electrons. The summed E-state index contributed by atoms with van der Waals surface area (Å²) in [5, 5.41) is 13.6. The second-order valence-electron chi connectivity index (χ2n) is 3.65.